The maximum atomic E-state index is 13.5. The highest BCUT2D eigenvalue weighted by atomic mass is 16.5. The Morgan fingerprint density at radius 1 is 0.944 bits per heavy atom. The molecule has 36 heavy (non-hydrogen) atoms. The van der Waals surface area contributed by atoms with Crippen LogP contribution in [0, 0.1) is 20.8 Å². The van der Waals surface area contributed by atoms with Crippen LogP contribution in [0.4, 0.5) is 10.5 Å². The van der Waals surface area contributed by atoms with Crippen LogP contribution in [0.1, 0.15) is 53.6 Å². The lowest BCUT2D eigenvalue weighted by Crippen LogP contribution is -2.46. The van der Waals surface area contributed by atoms with Crippen molar-refractivity contribution >= 4 is 17.3 Å². The van der Waals surface area contributed by atoms with E-state index in [-0.39, 0.29) is 6.03 Å². The highest BCUT2D eigenvalue weighted by Crippen LogP contribution is 2.39. The number of nitrogens with zero attached hydrogens (tertiary/aromatic N) is 3. The Kier molecular flexibility index (Phi) is 6.18. The van der Waals surface area contributed by atoms with E-state index < -0.39 is 6.04 Å². The second-order valence-corrected chi connectivity index (χ2v) is 9.37. The van der Waals surface area contributed by atoms with Gasteiger partial charge in [0.25, 0.3) is 5.89 Å². The van der Waals surface area contributed by atoms with Gasteiger partial charge in [-0.05, 0) is 74.6 Å². The minimum Gasteiger partial charge on any atom is -0.334 e. The number of hydrogen-bond acceptors (Lipinski definition) is 4. The van der Waals surface area contributed by atoms with Crippen LogP contribution >= 0.6 is 0 Å². The van der Waals surface area contributed by atoms with Crippen molar-refractivity contribution in [2.75, 3.05) is 4.90 Å². The van der Waals surface area contributed by atoms with Crippen LogP contribution in [0.5, 0.6) is 0 Å². The van der Waals surface area contributed by atoms with Gasteiger partial charge in [0, 0.05) is 11.3 Å². The summed E-state index contributed by atoms with van der Waals surface area (Å²) in [5.74, 6) is 0.908. The number of anilines is 1. The van der Waals surface area contributed by atoms with E-state index in [4.69, 9.17) is 9.51 Å². The molecule has 0 saturated carbocycles. The second kappa shape index (κ2) is 9.46. The van der Waals surface area contributed by atoms with Gasteiger partial charge in [-0.2, -0.15) is 4.98 Å². The third kappa shape index (κ3) is 4.31. The molecule has 0 bridgehead atoms. The fourth-order valence-corrected chi connectivity index (χ4v) is 4.64. The summed E-state index contributed by atoms with van der Waals surface area (Å²) in [5, 5.41) is 7.48. The minimum atomic E-state index is -0.422. The van der Waals surface area contributed by atoms with Crippen molar-refractivity contribution in [3.63, 3.8) is 0 Å². The van der Waals surface area contributed by atoms with Crippen molar-refractivity contribution in [1.29, 1.82) is 0 Å². The molecule has 1 N–H and O–H groups in total. The fourth-order valence-electron chi connectivity index (χ4n) is 4.64. The van der Waals surface area contributed by atoms with Gasteiger partial charge in [-0.15, -0.1) is 0 Å². The van der Waals surface area contributed by atoms with E-state index >= 15 is 0 Å². The number of nitrogens with one attached hydrogen (secondary N) is 1. The number of carbonyl (C=O) groups excluding carboxylic acids is 1. The first-order valence-corrected chi connectivity index (χ1v) is 12.2. The number of aryl methyl sites for hydroxylation is 4. The van der Waals surface area contributed by atoms with Crippen LogP contribution in [-0.4, -0.2) is 16.2 Å². The van der Waals surface area contributed by atoms with Crippen molar-refractivity contribution in [2.24, 2.45) is 0 Å². The van der Waals surface area contributed by atoms with Gasteiger partial charge in [0.05, 0.1) is 17.3 Å². The third-order valence-electron chi connectivity index (χ3n) is 6.88. The average Bonchev–Trinajstić information content (AvgIpc) is 3.35. The van der Waals surface area contributed by atoms with Crippen molar-refractivity contribution in [3.8, 4) is 11.4 Å². The molecule has 1 aliphatic rings. The molecule has 1 atom stereocenters. The summed E-state index contributed by atoms with van der Waals surface area (Å²) < 4.78 is 5.83. The molecule has 1 unspecified atom stereocenters. The first kappa shape index (κ1) is 23.5. The van der Waals surface area contributed by atoms with Crippen LogP contribution in [0.3, 0.4) is 0 Å². The molecular formula is C30H30N4O2. The Morgan fingerprint density at radius 3 is 2.42 bits per heavy atom. The van der Waals surface area contributed by atoms with Gasteiger partial charge >= 0.3 is 6.03 Å². The monoisotopic (exact) mass is 478 g/mol. The van der Waals surface area contributed by atoms with Crippen LogP contribution in [0.15, 0.2) is 77.0 Å². The lowest BCUT2D eigenvalue weighted by atomic mass is 9.92. The normalized spacial score (nSPS) is 15.9. The highest BCUT2D eigenvalue weighted by Gasteiger charge is 2.36. The van der Waals surface area contributed by atoms with Crippen molar-refractivity contribution in [2.45, 2.75) is 47.1 Å². The van der Waals surface area contributed by atoms with E-state index in [2.05, 4.69) is 43.4 Å². The number of amides is 2. The van der Waals surface area contributed by atoms with Crippen molar-refractivity contribution in [3.05, 3.63) is 106 Å². The SMILES string of the molecule is CCc1ccc(N2C(=O)NC(c3ccc(C)c(C)c3)C(c3nc(-c4cccc(C)c4)no3)=C2C)cc1. The van der Waals surface area contributed by atoms with E-state index in [1.165, 1.54) is 11.1 Å². The minimum absolute atomic E-state index is 0.192. The quantitative estimate of drug-likeness (QED) is 0.338. The first-order chi connectivity index (χ1) is 17.4. The first-order valence-electron chi connectivity index (χ1n) is 12.2. The Balaban J connectivity index is 1.65. The molecule has 1 aromatic heterocycles. The smallest absolute Gasteiger partial charge is 0.326 e. The molecule has 2 amide bonds. The fraction of sp³-hybridized carbons (Fsp3) is 0.233. The zero-order valence-electron chi connectivity index (χ0n) is 21.3. The molecule has 1 aliphatic heterocycles. The van der Waals surface area contributed by atoms with Crippen LogP contribution < -0.4 is 10.2 Å². The zero-order chi connectivity index (χ0) is 25.4. The molecule has 0 saturated heterocycles. The topological polar surface area (TPSA) is 71.3 Å². The lowest BCUT2D eigenvalue weighted by molar-refractivity contribution is 0.244. The molecule has 4 aromatic rings. The molecule has 6 heteroatoms. The number of hydrogen-bond donors (Lipinski definition) is 1. The van der Waals surface area contributed by atoms with Gasteiger partial charge < -0.3 is 9.84 Å². The maximum absolute atomic E-state index is 13.5. The van der Waals surface area contributed by atoms with Gasteiger partial charge in [-0.1, -0.05) is 66.2 Å². The molecule has 182 valence electrons. The largest absolute Gasteiger partial charge is 0.334 e. The van der Waals surface area contributed by atoms with Gasteiger partial charge in [-0.3, -0.25) is 4.90 Å². The number of aromatic nitrogens is 2. The number of rotatable bonds is 5. The molecule has 2 heterocycles. The van der Waals surface area contributed by atoms with E-state index in [0.29, 0.717) is 11.7 Å². The van der Waals surface area contributed by atoms with Crippen molar-refractivity contribution < 1.29 is 9.32 Å². The Hall–Kier alpha value is -4.19. The summed E-state index contributed by atoms with van der Waals surface area (Å²) in [4.78, 5) is 19.9. The summed E-state index contributed by atoms with van der Waals surface area (Å²) in [6.07, 6.45) is 0.936. The lowest BCUT2D eigenvalue weighted by Gasteiger charge is -2.35. The Bertz CT molecular complexity index is 1470. The summed E-state index contributed by atoms with van der Waals surface area (Å²) in [6.45, 7) is 10.2. The maximum Gasteiger partial charge on any atom is 0.326 e. The van der Waals surface area contributed by atoms with Gasteiger partial charge in [-0.25, -0.2) is 4.79 Å². The van der Waals surface area contributed by atoms with E-state index in [1.807, 2.05) is 68.4 Å². The van der Waals surface area contributed by atoms with Crippen LogP contribution in [0.25, 0.3) is 17.0 Å². The van der Waals surface area contributed by atoms with Gasteiger partial charge in [0.15, 0.2) is 0 Å². The molecule has 0 aliphatic carbocycles. The molecular weight excluding hydrogens is 448 g/mol. The van der Waals surface area contributed by atoms with Crippen LogP contribution in [-0.2, 0) is 6.42 Å². The van der Waals surface area contributed by atoms with Gasteiger partial charge in [0.1, 0.15) is 0 Å². The average molecular weight is 479 g/mol. The number of urea groups is 1. The molecule has 5 rings (SSSR count). The summed E-state index contributed by atoms with van der Waals surface area (Å²) in [6, 6.07) is 21.7. The standard InChI is InChI=1S/C30H30N4O2/c1-6-22-11-14-25(15-12-22)34-21(5)26(27(31-30(34)35)23-13-10-19(3)20(4)17-23)29-32-28(33-36-29)24-9-7-8-18(2)16-24/h7-17,27H,6H2,1-5H3,(H,31,35). The van der Waals surface area contributed by atoms with E-state index in [0.717, 1.165) is 45.6 Å². The predicted molar refractivity (Wildman–Crippen MR) is 143 cm³/mol. The molecule has 0 spiro atoms. The van der Waals surface area contributed by atoms with Gasteiger partial charge in [0.2, 0.25) is 5.82 Å². The molecule has 0 fully saturated rings. The third-order valence-corrected chi connectivity index (χ3v) is 6.88. The molecule has 0 radical (unpaired) electrons. The number of benzene rings is 3. The number of allylic oxidation sites excluding steroid dienone is 1. The van der Waals surface area contributed by atoms with Crippen LogP contribution in [0.2, 0.25) is 0 Å². The van der Waals surface area contributed by atoms with Crippen molar-refractivity contribution in [1.82, 2.24) is 15.5 Å². The Morgan fingerprint density at radius 2 is 1.72 bits per heavy atom. The predicted octanol–water partition coefficient (Wildman–Crippen LogP) is 6.93. The van der Waals surface area contributed by atoms with E-state index in [9.17, 15) is 4.79 Å². The zero-order valence-corrected chi connectivity index (χ0v) is 21.3. The number of carbonyl (C=O) groups is 1. The summed E-state index contributed by atoms with van der Waals surface area (Å²) in [5.41, 5.74) is 8.86. The highest BCUT2D eigenvalue weighted by molar-refractivity contribution is 6.01. The summed E-state index contributed by atoms with van der Waals surface area (Å²) in [7, 11) is 0. The van der Waals surface area contributed by atoms with E-state index in [1.54, 1.807) is 4.90 Å². The second-order valence-electron chi connectivity index (χ2n) is 9.37. The Labute approximate surface area is 211 Å². The molecule has 6 nitrogen and oxygen atoms in total. The molecule has 3 aromatic carbocycles. The summed E-state index contributed by atoms with van der Waals surface area (Å²) >= 11 is 0.